The van der Waals surface area contributed by atoms with Crippen LogP contribution >= 0.6 is 0 Å². The highest BCUT2D eigenvalue weighted by atomic mass is 16.6. The number of carbonyl (C=O) groups excluding carboxylic acids is 1. The molecule has 1 aliphatic heterocycles. The van der Waals surface area contributed by atoms with Gasteiger partial charge in [-0.25, -0.2) is 4.79 Å². The Labute approximate surface area is 161 Å². The number of carbonyl (C=O) groups is 1. The van der Waals surface area contributed by atoms with Crippen LogP contribution in [0.1, 0.15) is 39.5 Å². The van der Waals surface area contributed by atoms with E-state index in [1.807, 2.05) is 24.3 Å². The fourth-order valence-corrected chi connectivity index (χ4v) is 2.98. The van der Waals surface area contributed by atoms with Gasteiger partial charge in [0.1, 0.15) is 23.7 Å². The van der Waals surface area contributed by atoms with E-state index in [1.165, 1.54) is 7.11 Å². The minimum atomic E-state index is -0.855. The molecule has 152 valence electrons. The summed E-state index contributed by atoms with van der Waals surface area (Å²) < 4.78 is 27.4. The summed E-state index contributed by atoms with van der Waals surface area (Å²) in [6, 6.07) is 7.45. The summed E-state index contributed by atoms with van der Waals surface area (Å²) in [7, 11) is 1.52. The van der Waals surface area contributed by atoms with Crippen molar-refractivity contribution >= 4 is 6.09 Å². The first-order valence-corrected chi connectivity index (χ1v) is 9.42. The van der Waals surface area contributed by atoms with E-state index in [4.69, 9.17) is 29.4 Å². The van der Waals surface area contributed by atoms with Crippen LogP contribution in [0.2, 0.25) is 0 Å². The number of benzene rings is 1. The molecule has 1 aromatic rings. The van der Waals surface area contributed by atoms with Crippen molar-refractivity contribution in [2.45, 2.75) is 57.3 Å². The fraction of sp³-hybridized carbons (Fsp3) is 0.650. The number of methoxy groups -OCH3 is 1. The van der Waals surface area contributed by atoms with Crippen molar-refractivity contribution in [3.63, 3.8) is 0 Å². The summed E-state index contributed by atoms with van der Waals surface area (Å²) in [5.41, 5.74) is 4.79. The predicted molar refractivity (Wildman–Crippen MR) is 101 cm³/mol. The van der Waals surface area contributed by atoms with Crippen LogP contribution in [0.25, 0.3) is 0 Å². The van der Waals surface area contributed by atoms with Crippen LogP contribution in [0.4, 0.5) is 4.79 Å². The molecule has 1 fully saturated rings. The monoisotopic (exact) mass is 381 g/mol. The maximum Gasteiger partial charge on any atom is 0.404 e. The summed E-state index contributed by atoms with van der Waals surface area (Å²) in [6.45, 7) is 5.47. The van der Waals surface area contributed by atoms with Gasteiger partial charge in [-0.2, -0.15) is 0 Å². The molecule has 0 saturated carbocycles. The van der Waals surface area contributed by atoms with Crippen molar-refractivity contribution in [3.05, 3.63) is 24.3 Å². The van der Waals surface area contributed by atoms with Gasteiger partial charge in [-0.3, -0.25) is 0 Å². The smallest absolute Gasteiger partial charge is 0.404 e. The molecule has 3 unspecified atom stereocenters. The first-order chi connectivity index (χ1) is 12.9. The molecule has 27 heavy (non-hydrogen) atoms. The number of hydrogen-bond donors (Lipinski definition) is 1. The number of epoxide rings is 1. The van der Waals surface area contributed by atoms with Gasteiger partial charge in [0, 0.05) is 19.6 Å². The van der Waals surface area contributed by atoms with Crippen LogP contribution in [0, 0.1) is 0 Å². The Morgan fingerprint density at radius 3 is 2.74 bits per heavy atom. The van der Waals surface area contributed by atoms with Crippen LogP contribution in [-0.2, 0) is 14.2 Å². The van der Waals surface area contributed by atoms with Gasteiger partial charge in [-0.1, -0.05) is 19.4 Å². The molecule has 1 heterocycles. The van der Waals surface area contributed by atoms with Crippen molar-refractivity contribution < 1.29 is 28.5 Å². The van der Waals surface area contributed by atoms with Crippen molar-refractivity contribution in [2.75, 3.05) is 26.9 Å². The van der Waals surface area contributed by atoms with E-state index >= 15 is 0 Å². The fourth-order valence-electron chi connectivity index (χ4n) is 2.98. The van der Waals surface area contributed by atoms with Gasteiger partial charge in [0.25, 0.3) is 0 Å². The average Bonchev–Trinajstić information content (AvgIpc) is 3.41. The number of amides is 1. The molecule has 0 aliphatic carbocycles. The molecule has 1 aliphatic rings. The molecule has 2 N–H and O–H groups in total. The number of hydrogen-bond acceptors (Lipinski definition) is 6. The Balaban J connectivity index is 1.96. The minimum absolute atomic E-state index is 0.142. The van der Waals surface area contributed by atoms with Gasteiger partial charge in [0.15, 0.2) is 6.10 Å². The van der Waals surface area contributed by atoms with Crippen LogP contribution in [0.3, 0.4) is 0 Å². The van der Waals surface area contributed by atoms with Crippen molar-refractivity contribution in [2.24, 2.45) is 5.73 Å². The normalized spacial score (nSPS) is 19.0. The van der Waals surface area contributed by atoms with Crippen LogP contribution < -0.4 is 15.2 Å². The second kappa shape index (κ2) is 10.4. The van der Waals surface area contributed by atoms with E-state index in [0.29, 0.717) is 11.9 Å². The number of ether oxygens (including phenoxy) is 5. The number of primary amides is 1. The standard InChI is InChI=1S/C20H31NO6/c1-4-5-9-20(2,11-17-13-25-17)27-16-8-6-7-15(10-16)24-14-18(12-23-3)26-19(21)22/h6-8,10,17-18H,4-5,9,11-14H2,1-3H3,(H2,21,22). The predicted octanol–water partition coefficient (Wildman–Crippen LogP) is 3.29. The molecular formula is C20H31NO6. The van der Waals surface area contributed by atoms with Gasteiger partial charge < -0.3 is 29.4 Å². The first kappa shape index (κ1) is 21.3. The van der Waals surface area contributed by atoms with E-state index in [0.717, 1.165) is 38.0 Å². The number of unbranched alkanes of at least 4 members (excludes halogenated alkanes) is 1. The lowest BCUT2D eigenvalue weighted by Crippen LogP contribution is -2.34. The van der Waals surface area contributed by atoms with Gasteiger partial charge in [0.2, 0.25) is 0 Å². The lowest BCUT2D eigenvalue weighted by Gasteiger charge is -2.30. The molecule has 0 radical (unpaired) electrons. The second-order valence-electron chi connectivity index (χ2n) is 7.12. The molecule has 3 atom stereocenters. The zero-order valence-corrected chi connectivity index (χ0v) is 16.4. The van der Waals surface area contributed by atoms with E-state index in [2.05, 4.69) is 13.8 Å². The molecule has 1 aromatic carbocycles. The van der Waals surface area contributed by atoms with E-state index in [-0.39, 0.29) is 18.8 Å². The topological polar surface area (TPSA) is 92.5 Å². The molecule has 0 bridgehead atoms. The van der Waals surface area contributed by atoms with Crippen LogP contribution in [0.15, 0.2) is 24.3 Å². The first-order valence-electron chi connectivity index (χ1n) is 9.42. The molecule has 1 saturated heterocycles. The SMILES string of the molecule is CCCCC(C)(CC1CO1)Oc1cccc(OCC(COC)OC(N)=O)c1. The maximum atomic E-state index is 10.9. The van der Waals surface area contributed by atoms with Crippen molar-refractivity contribution in [1.82, 2.24) is 0 Å². The van der Waals surface area contributed by atoms with E-state index < -0.39 is 12.2 Å². The highest BCUT2D eigenvalue weighted by Crippen LogP contribution is 2.33. The van der Waals surface area contributed by atoms with Gasteiger partial charge in [0.05, 0.1) is 19.3 Å². The Kier molecular flexibility index (Phi) is 8.19. The summed E-state index contributed by atoms with van der Waals surface area (Å²) in [4.78, 5) is 10.9. The van der Waals surface area contributed by atoms with Crippen LogP contribution in [-0.4, -0.2) is 50.8 Å². The lowest BCUT2D eigenvalue weighted by atomic mass is 9.93. The quantitative estimate of drug-likeness (QED) is 0.527. The third-order valence-corrected chi connectivity index (χ3v) is 4.36. The Bertz CT molecular complexity index is 592. The summed E-state index contributed by atoms with van der Waals surface area (Å²) in [6.07, 6.45) is 2.94. The summed E-state index contributed by atoms with van der Waals surface area (Å²) in [5.74, 6) is 1.37. The maximum absolute atomic E-state index is 10.9. The second-order valence-corrected chi connectivity index (χ2v) is 7.12. The number of rotatable bonds is 13. The van der Waals surface area contributed by atoms with Gasteiger partial charge in [-0.15, -0.1) is 0 Å². The third kappa shape index (κ3) is 8.05. The van der Waals surface area contributed by atoms with Crippen molar-refractivity contribution in [3.8, 4) is 11.5 Å². The summed E-state index contributed by atoms with van der Waals surface area (Å²) in [5, 5.41) is 0. The molecule has 0 spiro atoms. The van der Waals surface area contributed by atoms with Gasteiger partial charge >= 0.3 is 6.09 Å². The molecule has 7 heteroatoms. The Morgan fingerprint density at radius 2 is 2.11 bits per heavy atom. The zero-order valence-electron chi connectivity index (χ0n) is 16.4. The molecule has 7 nitrogen and oxygen atoms in total. The largest absolute Gasteiger partial charge is 0.489 e. The lowest BCUT2D eigenvalue weighted by molar-refractivity contribution is 0.0174. The van der Waals surface area contributed by atoms with Gasteiger partial charge in [-0.05, 0) is 31.9 Å². The highest BCUT2D eigenvalue weighted by Gasteiger charge is 2.35. The summed E-state index contributed by atoms with van der Waals surface area (Å²) >= 11 is 0. The van der Waals surface area contributed by atoms with Crippen LogP contribution in [0.5, 0.6) is 11.5 Å². The Hall–Kier alpha value is -1.99. The highest BCUT2D eigenvalue weighted by molar-refractivity contribution is 5.64. The molecule has 0 aromatic heterocycles. The zero-order chi connectivity index (χ0) is 19.7. The Morgan fingerprint density at radius 1 is 1.37 bits per heavy atom. The average molecular weight is 381 g/mol. The minimum Gasteiger partial charge on any atom is -0.489 e. The van der Waals surface area contributed by atoms with E-state index in [9.17, 15) is 4.79 Å². The molecule has 2 rings (SSSR count). The number of nitrogens with two attached hydrogens (primary N) is 1. The molecular weight excluding hydrogens is 350 g/mol. The van der Waals surface area contributed by atoms with E-state index in [1.54, 1.807) is 0 Å². The van der Waals surface area contributed by atoms with Crippen molar-refractivity contribution in [1.29, 1.82) is 0 Å². The molecule has 1 amide bonds. The third-order valence-electron chi connectivity index (χ3n) is 4.36.